The number of halogens is 1. The van der Waals surface area contributed by atoms with Gasteiger partial charge in [-0.3, -0.25) is 4.79 Å². The molecule has 0 spiro atoms. The van der Waals surface area contributed by atoms with Crippen molar-refractivity contribution in [2.24, 2.45) is 0 Å². The smallest absolute Gasteiger partial charge is 0.326 e. The highest BCUT2D eigenvalue weighted by molar-refractivity contribution is 7.13. The molecule has 0 unspecified atom stereocenters. The quantitative estimate of drug-likeness (QED) is 0.655. The lowest BCUT2D eigenvalue weighted by Gasteiger charge is -2.14. The summed E-state index contributed by atoms with van der Waals surface area (Å²) in [6.45, 7) is 0. The first-order valence-corrected chi connectivity index (χ1v) is 9.16. The first kappa shape index (κ1) is 18.7. The number of benzene rings is 2. The van der Waals surface area contributed by atoms with Crippen molar-refractivity contribution in [2.45, 2.75) is 18.9 Å². The maximum absolute atomic E-state index is 13.8. The van der Waals surface area contributed by atoms with Gasteiger partial charge in [0.2, 0.25) is 5.91 Å². The van der Waals surface area contributed by atoms with Gasteiger partial charge in [-0.25, -0.2) is 14.2 Å². The maximum atomic E-state index is 13.8. The second kappa shape index (κ2) is 8.55. The normalized spacial score (nSPS) is 11.7. The molecule has 1 amide bonds. The Morgan fingerprint density at radius 3 is 2.52 bits per heavy atom. The third kappa shape index (κ3) is 4.98. The lowest BCUT2D eigenvalue weighted by atomic mass is 10.1. The number of carbonyl (C=O) groups is 2. The first-order chi connectivity index (χ1) is 13.0. The lowest BCUT2D eigenvalue weighted by Crippen LogP contribution is -2.43. The summed E-state index contributed by atoms with van der Waals surface area (Å²) in [6.07, 6.45) is 0.128. The van der Waals surface area contributed by atoms with Gasteiger partial charge in [-0.2, -0.15) is 0 Å². The zero-order valence-electron chi connectivity index (χ0n) is 14.3. The van der Waals surface area contributed by atoms with Crippen LogP contribution in [0.1, 0.15) is 11.3 Å². The number of rotatable bonds is 7. The SMILES string of the molecule is O=C(Cc1csc(-c2ccccc2F)n1)N[C@H](Cc1ccccc1)C(=O)O. The van der Waals surface area contributed by atoms with Crippen molar-refractivity contribution in [2.75, 3.05) is 0 Å². The molecule has 7 heteroatoms. The van der Waals surface area contributed by atoms with Crippen molar-refractivity contribution < 1.29 is 19.1 Å². The Hall–Kier alpha value is -3.06. The number of nitrogens with zero attached hydrogens (tertiary/aromatic N) is 1. The first-order valence-electron chi connectivity index (χ1n) is 8.28. The van der Waals surface area contributed by atoms with Crippen LogP contribution in [0.25, 0.3) is 10.6 Å². The Morgan fingerprint density at radius 2 is 1.81 bits per heavy atom. The van der Waals surface area contributed by atoms with Crippen molar-refractivity contribution in [1.82, 2.24) is 10.3 Å². The van der Waals surface area contributed by atoms with E-state index in [1.54, 1.807) is 23.6 Å². The number of carboxylic acid groups (broad SMARTS) is 1. The predicted molar refractivity (Wildman–Crippen MR) is 101 cm³/mol. The number of hydrogen-bond acceptors (Lipinski definition) is 4. The van der Waals surface area contributed by atoms with Gasteiger partial charge >= 0.3 is 5.97 Å². The van der Waals surface area contributed by atoms with Crippen molar-refractivity contribution in [3.05, 3.63) is 77.1 Å². The van der Waals surface area contributed by atoms with E-state index in [-0.39, 0.29) is 18.7 Å². The Labute approximate surface area is 159 Å². The number of thiazole rings is 1. The summed E-state index contributed by atoms with van der Waals surface area (Å²) >= 11 is 1.24. The van der Waals surface area contributed by atoms with Crippen molar-refractivity contribution in [3.8, 4) is 10.6 Å². The van der Waals surface area contributed by atoms with E-state index in [4.69, 9.17) is 0 Å². The zero-order valence-corrected chi connectivity index (χ0v) is 15.1. The predicted octanol–water partition coefficient (Wildman–Crippen LogP) is 3.30. The number of hydrogen-bond donors (Lipinski definition) is 2. The minimum Gasteiger partial charge on any atom is -0.480 e. The molecule has 0 saturated heterocycles. The molecular weight excluding hydrogens is 367 g/mol. The Balaban J connectivity index is 1.64. The van der Waals surface area contributed by atoms with Crippen molar-refractivity contribution in [1.29, 1.82) is 0 Å². The molecule has 2 aromatic carbocycles. The van der Waals surface area contributed by atoms with Crippen LogP contribution in [-0.2, 0) is 22.4 Å². The zero-order chi connectivity index (χ0) is 19.2. The fraction of sp³-hybridized carbons (Fsp3) is 0.150. The molecule has 138 valence electrons. The van der Waals surface area contributed by atoms with Gasteiger partial charge in [0.25, 0.3) is 0 Å². The van der Waals surface area contributed by atoms with Crippen LogP contribution in [0.2, 0.25) is 0 Å². The average Bonchev–Trinajstić information content (AvgIpc) is 3.10. The molecule has 27 heavy (non-hydrogen) atoms. The van der Waals surface area contributed by atoms with Gasteiger partial charge in [-0.15, -0.1) is 11.3 Å². The maximum Gasteiger partial charge on any atom is 0.326 e. The molecule has 5 nitrogen and oxygen atoms in total. The minimum absolute atomic E-state index is 0.0660. The molecule has 2 N–H and O–H groups in total. The third-order valence-corrected chi connectivity index (χ3v) is 4.84. The van der Waals surface area contributed by atoms with Gasteiger partial charge in [-0.05, 0) is 17.7 Å². The Morgan fingerprint density at radius 1 is 1.11 bits per heavy atom. The van der Waals surface area contributed by atoms with E-state index in [9.17, 15) is 19.1 Å². The van der Waals surface area contributed by atoms with Crippen LogP contribution in [0.5, 0.6) is 0 Å². The van der Waals surface area contributed by atoms with Gasteiger partial charge in [0, 0.05) is 17.4 Å². The van der Waals surface area contributed by atoms with Crippen LogP contribution < -0.4 is 5.32 Å². The molecule has 1 heterocycles. The highest BCUT2D eigenvalue weighted by Gasteiger charge is 2.21. The summed E-state index contributed by atoms with van der Waals surface area (Å²) in [7, 11) is 0. The molecule has 3 aromatic rings. The van der Waals surface area contributed by atoms with Crippen LogP contribution in [0.15, 0.2) is 60.0 Å². The van der Waals surface area contributed by atoms with Gasteiger partial charge in [0.05, 0.1) is 12.1 Å². The van der Waals surface area contributed by atoms with Gasteiger partial charge in [-0.1, -0.05) is 42.5 Å². The van der Waals surface area contributed by atoms with E-state index < -0.39 is 17.9 Å². The van der Waals surface area contributed by atoms with Crippen LogP contribution in [0.4, 0.5) is 4.39 Å². The van der Waals surface area contributed by atoms with Crippen molar-refractivity contribution in [3.63, 3.8) is 0 Å². The Bertz CT molecular complexity index is 943. The average molecular weight is 384 g/mol. The van der Waals surface area contributed by atoms with Crippen molar-refractivity contribution >= 4 is 23.2 Å². The molecule has 0 bridgehead atoms. The van der Waals surface area contributed by atoms with E-state index in [0.717, 1.165) is 5.56 Å². The van der Waals surface area contributed by atoms with E-state index in [0.29, 0.717) is 16.3 Å². The largest absolute Gasteiger partial charge is 0.480 e. The highest BCUT2D eigenvalue weighted by Crippen LogP contribution is 2.26. The summed E-state index contributed by atoms with van der Waals surface area (Å²) in [4.78, 5) is 28.0. The van der Waals surface area contributed by atoms with E-state index in [1.165, 1.54) is 17.4 Å². The molecule has 0 saturated carbocycles. The number of amides is 1. The lowest BCUT2D eigenvalue weighted by molar-refractivity contribution is -0.141. The van der Waals surface area contributed by atoms with Gasteiger partial charge < -0.3 is 10.4 Å². The van der Waals surface area contributed by atoms with Crippen LogP contribution in [0, 0.1) is 5.82 Å². The molecule has 0 aliphatic carbocycles. The number of aromatic nitrogens is 1. The monoisotopic (exact) mass is 384 g/mol. The minimum atomic E-state index is -1.10. The molecule has 1 atom stereocenters. The van der Waals surface area contributed by atoms with Crippen LogP contribution >= 0.6 is 11.3 Å². The highest BCUT2D eigenvalue weighted by atomic mass is 32.1. The summed E-state index contributed by atoms with van der Waals surface area (Å²) in [5.41, 5.74) is 1.67. The van der Waals surface area contributed by atoms with E-state index in [1.807, 2.05) is 30.3 Å². The standard InChI is InChI=1S/C20H17FN2O3S/c21-16-9-5-4-8-15(16)19-22-14(12-27-19)11-18(24)23-17(20(25)26)10-13-6-2-1-3-7-13/h1-9,12,17H,10-11H2,(H,23,24)(H,25,26)/t17-/m1/s1. The molecular formula is C20H17FN2O3S. The van der Waals surface area contributed by atoms with E-state index in [2.05, 4.69) is 10.3 Å². The molecule has 3 rings (SSSR count). The third-order valence-electron chi connectivity index (χ3n) is 3.91. The number of carboxylic acids is 1. The molecule has 0 aliphatic rings. The fourth-order valence-corrected chi connectivity index (χ4v) is 3.45. The molecule has 1 aromatic heterocycles. The Kier molecular flexibility index (Phi) is 5.93. The summed E-state index contributed by atoms with van der Waals surface area (Å²) in [5, 5.41) is 14.0. The topological polar surface area (TPSA) is 79.3 Å². The fourth-order valence-electron chi connectivity index (χ4n) is 2.61. The van der Waals surface area contributed by atoms with E-state index >= 15 is 0 Å². The summed E-state index contributed by atoms with van der Waals surface area (Å²) < 4.78 is 13.8. The van der Waals surface area contributed by atoms with Gasteiger partial charge in [0.1, 0.15) is 16.9 Å². The summed E-state index contributed by atoms with van der Waals surface area (Å²) in [5.74, 6) is -1.92. The second-order valence-electron chi connectivity index (χ2n) is 5.95. The number of carbonyl (C=O) groups excluding carboxylic acids is 1. The second-order valence-corrected chi connectivity index (χ2v) is 6.81. The molecule has 0 fully saturated rings. The van der Waals surface area contributed by atoms with Crippen LogP contribution in [0.3, 0.4) is 0 Å². The van der Waals surface area contributed by atoms with Gasteiger partial charge in [0.15, 0.2) is 0 Å². The number of aliphatic carboxylic acids is 1. The van der Waals surface area contributed by atoms with Crippen LogP contribution in [-0.4, -0.2) is 28.0 Å². The summed E-state index contributed by atoms with van der Waals surface area (Å²) in [6, 6.07) is 14.4. The number of nitrogens with one attached hydrogen (secondary N) is 1. The molecule has 0 radical (unpaired) electrons. The molecule has 0 aliphatic heterocycles.